The molecule has 5 N–H and O–H groups in total. The second kappa shape index (κ2) is 4.10. The number of nitrogens with zero attached hydrogens (tertiary/aromatic N) is 2. The number of nitrogens with one attached hydrogen (secondary N) is 1. The molecular weight excluding hydrogens is 190 g/mol. The maximum Gasteiger partial charge on any atom is 0.137 e. The molecule has 78 valence electrons. The molecule has 2 rings (SSSR count). The van der Waals surface area contributed by atoms with Crippen LogP contribution < -0.4 is 16.8 Å². The molecule has 0 saturated carbocycles. The van der Waals surface area contributed by atoms with Crippen molar-refractivity contribution >= 4 is 22.4 Å². The van der Waals surface area contributed by atoms with E-state index >= 15 is 0 Å². The first-order valence-corrected chi connectivity index (χ1v) is 4.75. The first kappa shape index (κ1) is 9.67. The molecule has 1 aromatic heterocycles. The summed E-state index contributed by atoms with van der Waals surface area (Å²) in [6, 6.07) is 5.56. The summed E-state index contributed by atoms with van der Waals surface area (Å²) < 4.78 is 0. The van der Waals surface area contributed by atoms with Crippen molar-refractivity contribution < 1.29 is 0 Å². The number of hydrogen-bond acceptors (Lipinski definition) is 5. The van der Waals surface area contributed by atoms with Gasteiger partial charge in [0.05, 0.1) is 5.52 Å². The van der Waals surface area contributed by atoms with E-state index in [1.807, 2.05) is 18.2 Å². The maximum absolute atomic E-state index is 5.67. The number of nitrogens with two attached hydrogens (primary N) is 2. The monoisotopic (exact) mass is 203 g/mol. The first-order chi connectivity index (χ1) is 7.31. The fourth-order valence-corrected chi connectivity index (χ4v) is 1.41. The van der Waals surface area contributed by atoms with E-state index in [1.54, 1.807) is 0 Å². The fraction of sp³-hybridized carbons (Fsp3) is 0.200. The van der Waals surface area contributed by atoms with Crippen LogP contribution in [0, 0.1) is 0 Å². The molecule has 0 fully saturated rings. The molecule has 0 unspecified atom stereocenters. The first-order valence-electron chi connectivity index (χ1n) is 4.75. The van der Waals surface area contributed by atoms with Gasteiger partial charge in [-0.15, -0.1) is 0 Å². The Morgan fingerprint density at radius 1 is 1.27 bits per heavy atom. The highest BCUT2D eigenvalue weighted by atomic mass is 15.0. The summed E-state index contributed by atoms with van der Waals surface area (Å²) in [5.74, 6) is 0.797. The van der Waals surface area contributed by atoms with Gasteiger partial charge in [0.1, 0.15) is 12.1 Å². The fourth-order valence-electron chi connectivity index (χ4n) is 1.41. The smallest absolute Gasteiger partial charge is 0.137 e. The van der Waals surface area contributed by atoms with E-state index in [9.17, 15) is 0 Å². The van der Waals surface area contributed by atoms with E-state index in [0.717, 1.165) is 16.7 Å². The number of fused-ring (bicyclic) bond motifs is 1. The average Bonchev–Trinajstić information content (AvgIpc) is 2.25. The highest BCUT2D eigenvalue weighted by molar-refractivity contribution is 5.90. The zero-order valence-electron chi connectivity index (χ0n) is 8.27. The van der Waals surface area contributed by atoms with Gasteiger partial charge in [0.15, 0.2) is 0 Å². The summed E-state index contributed by atoms with van der Waals surface area (Å²) in [4.78, 5) is 8.30. The Hall–Kier alpha value is -1.88. The molecule has 1 heterocycles. The van der Waals surface area contributed by atoms with E-state index < -0.39 is 0 Å². The maximum atomic E-state index is 5.67. The normalized spacial score (nSPS) is 10.5. The molecule has 5 heteroatoms. The number of hydrogen-bond donors (Lipinski definition) is 3. The summed E-state index contributed by atoms with van der Waals surface area (Å²) in [6.45, 7) is 1.26. The summed E-state index contributed by atoms with van der Waals surface area (Å²) in [7, 11) is 0. The van der Waals surface area contributed by atoms with Gasteiger partial charge in [-0.1, -0.05) is 0 Å². The zero-order valence-corrected chi connectivity index (χ0v) is 8.27. The van der Waals surface area contributed by atoms with E-state index in [1.165, 1.54) is 6.33 Å². The molecule has 5 nitrogen and oxygen atoms in total. The molecule has 0 amide bonds. The van der Waals surface area contributed by atoms with Gasteiger partial charge in [0.2, 0.25) is 0 Å². The van der Waals surface area contributed by atoms with Gasteiger partial charge in [0.25, 0.3) is 0 Å². The lowest BCUT2D eigenvalue weighted by Gasteiger charge is -2.06. The summed E-state index contributed by atoms with van der Waals surface area (Å²) >= 11 is 0. The van der Waals surface area contributed by atoms with Gasteiger partial charge in [-0.05, 0) is 18.2 Å². The molecule has 0 saturated heterocycles. The Morgan fingerprint density at radius 2 is 2.13 bits per heavy atom. The minimum atomic E-state index is 0.570. The van der Waals surface area contributed by atoms with Crippen LogP contribution in [0.4, 0.5) is 11.5 Å². The SMILES string of the molecule is NCCNc1ncnc2cc(N)ccc12. The van der Waals surface area contributed by atoms with Crippen LogP contribution in [-0.2, 0) is 0 Å². The Balaban J connectivity index is 2.46. The molecule has 0 bridgehead atoms. The average molecular weight is 203 g/mol. The topological polar surface area (TPSA) is 89.8 Å². The van der Waals surface area contributed by atoms with Crippen molar-refractivity contribution in [1.82, 2.24) is 9.97 Å². The Labute approximate surface area is 87.5 Å². The highest BCUT2D eigenvalue weighted by Gasteiger charge is 2.02. The summed E-state index contributed by atoms with van der Waals surface area (Å²) in [6.07, 6.45) is 1.51. The van der Waals surface area contributed by atoms with Crippen LogP contribution in [-0.4, -0.2) is 23.1 Å². The van der Waals surface area contributed by atoms with Gasteiger partial charge >= 0.3 is 0 Å². The lowest BCUT2D eigenvalue weighted by atomic mass is 10.2. The minimum Gasteiger partial charge on any atom is -0.399 e. The predicted molar refractivity (Wildman–Crippen MR) is 61.5 cm³/mol. The van der Waals surface area contributed by atoms with Crippen molar-refractivity contribution in [3.05, 3.63) is 24.5 Å². The third-order valence-corrected chi connectivity index (χ3v) is 2.10. The zero-order chi connectivity index (χ0) is 10.7. The van der Waals surface area contributed by atoms with Crippen molar-refractivity contribution in [3.8, 4) is 0 Å². The van der Waals surface area contributed by atoms with Crippen LogP contribution in [0.25, 0.3) is 10.9 Å². The molecule has 2 aromatic rings. The minimum absolute atomic E-state index is 0.570. The van der Waals surface area contributed by atoms with Crippen LogP contribution in [0.3, 0.4) is 0 Å². The number of benzene rings is 1. The molecule has 0 atom stereocenters. The number of aromatic nitrogens is 2. The molecule has 0 aliphatic carbocycles. The highest BCUT2D eigenvalue weighted by Crippen LogP contribution is 2.20. The largest absolute Gasteiger partial charge is 0.399 e. The third-order valence-electron chi connectivity index (χ3n) is 2.10. The quantitative estimate of drug-likeness (QED) is 0.635. The molecule has 0 aliphatic rings. The molecule has 0 radical (unpaired) electrons. The van der Waals surface area contributed by atoms with Gasteiger partial charge < -0.3 is 16.8 Å². The number of rotatable bonds is 3. The Morgan fingerprint density at radius 3 is 2.93 bits per heavy atom. The third kappa shape index (κ3) is 1.97. The Kier molecular flexibility index (Phi) is 2.64. The summed E-state index contributed by atoms with van der Waals surface area (Å²) in [5, 5.41) is 4.10. The van der Waals surface area contributed by atoms with Crippen LogP contribution >= 0.6 is 0 Å². The van der Waals surface area contributed by atoms with E-state index in [2.05, 4.69) is 15.3 Å². The van der Waals surface area contributed by atoms with E-state index in [4.69, 9.17) is 11.5 Å². The van der Waals surface area contributed by atoms with Crippen molar-refractivity contribution in [3.63, 3.8) is 0 Å². The summed E-state index contributed by atoms with van der Waals surface area (Å²) in [5.41, 5.74) is 12.6. The van der Waals surface area contributed by atoms with Crippen molar-refractivity contribution in [2.45, 2.75) is 0 Å². The van der Waals surface area contributed by atoms with Gasteiger partial charge in [0, 0.05) is 24.2 Å². The molecule has 0 spiro atoms. The molecular formula is C10H13N5. The predicted octanol–water partition coefficient (Wildman–Crippen LogP) is 0.583. The molecule has 15 heavy (non-hydrogen) atoms. The van der Waals surface area contributed by atoms with Crippen molar-refractivity contribution in [1.29, 1.82) is 0 Å². The van der Waals surface area contributed by atoms with E-state index in [0.29, 0.717) is 18.8 Å². The van der Waals surface area contributed by atoms with Gasteiger partial charge in [-0.2, -0.15) is 0 Å². The van der Waals surface area contributed by atoms with Gasteiger partial charge in [-0.3, -0.25) is 0 Å². The molecule has 0 aliphatic heterocycles. The number of nitrogen functional groups attached to an aromatic ring is 1. The van der Waals surface area contributed by atoms with Crippen molar-refractivity contribution in [2.75, 3.05) is 24.1 Å². The van der Waals surface area contributed by atoms with Gasteiger partial charge in [-0.25, -0.2) is 9.97 Å². The van der Waals surface area contributed by atoms with Crippen LogP contribution in [0.5, 0.6) is 0 Å². The van der Waals surface area contributed by atoms with Crippen molar-refractivity contribution in [2.24, 2.45) is 5.73 Å². The second-order valence-corrected chi connectivity index (χ2v) is 3.21. The Bertz CT molecular complexity index is 468. The van der Waals surface area contributed by atoms with Crippen LogP contribution in [0.2, 0.25) is 0 Å². The van der Waals surface area contributed by atoms with E-state index in [-0.39, 0.29) is 0 Å². The molecule has 1 aromatic carbocycles. The van der Waals surface area contributed by atoms with Crippen LogP contribution in [0.15, 0.2) is 24.5 Å². The van der Waals surface area contributed by atoms with Crippen LogP contribution in [0.1, 0.15) is 0 Å². The lowest BCUT2D eigenvalue weighted by molar-refractivity contribution is 1.01. The standard InChI is InChI=1S/C10H13N5/c11-3-4-13-10-8-2-1-7(12)5-9(8)14-6-15-10/h1-2,5-6H,3-4,11-12H2,(H,13,14,15). The second-order valence-electron chi connectivity index (χ2n) is 3.21. The number of anilines is 2. The lowest BCUT2D eigenvalue weighted by Crippen LogP contribution is -2.14.